The molecule has 4 rings (SSSR count). The van der Waals surface area contributed by atoms with Crippen LogP contribution in [0.15, 0.2) is 53.4 Å². The molecule has 1 aromatic heterocycles. The summed E-state index contributed by atoms with van der Waals surface area (Å²) in [4.78, 5) is 19.5. The van der Waals surface area contributed by atoms with Crippen LogP contribution in [0.25, 0.3) is 11.0 Å². The Bertz CT molecular complexity index is 1130. The summed E-state index contributed by atoms with van der Waals surface area (Å²) in [6, 6.07) is 13.0. The summed E-state index contributed by atoms with van der Waals surface area (Å²) in [5, 5.41) is 7.79. The minimum absolute atomic E-state index is 0.0450. The zero-order valence-electron chi connectivity index (χ0n) is 15.7. The molecule has 0 unspecified atom stereocenters. The van der Waals surface area contributed by atoms with Crippen molar-refractivity contribution < 1.29 is 22.8 Å². The molecule has 152 valence electrons. The highest BCUT2D eigenvalue weighted by molar-refractivity contribution is 7.89. The van der Waals surface area contributed by atoms with Crippen molar-refractivity contribution in [3.05, 3.63) is 48.5 Å². The molecule has 0 aliphatic heterocycles. The van der Waals surface area contributed by atoms with E-state index in [0.717, 1.165) is 4.85 Å². The molecule has 1 saturated carbocycles. The Morgan fingerprint density at radius 1 is 1.10 bits per heavy atom. The van der Waals surface area contributed by atoms with Crippen molar-refractivity contribution in [3.63, 3.8) is 0 Å². The fraction of sp³-hybridized carbons (Fsp3) is 0.316. The van der Waals surface area contributed by atoms with Gasteiger partial charge in [0.2, 0.25) is 10.0 Å². The second-order valence-electron chi connectivity index (χ2n) is 6.90. The Morgan fingerprint density at radius 2 is 1.79 bits per heavy atom. The molecule has 0 radical (unpaired) electrons. The van der Waals surface area contributed by atoms with E-state index in [4.69, 9.17) is 9.57 Å². The van der Waals surface area contributed by atoms with Crippen molar-refractivity contribution in [1.82, 2.24) is 19.9 Å². The number of hydrogen-bond donors (Lipinski definition) is 1. The number of rotatable bonds is 6. The first-order valence-electron chi connectivity index (χ1n) is 9.15. The minimum Gasteiger partial charge on any atom is -0.497 e. The van der Waals surface area contributed by atoms with Gasteiger partial charge in [-0.15, -0.1) is 5.10 Å². The number of nitrogens with one attached hydrogen (secondary N) is 1. The predicted molar refractivity (Wildman–Crippen MR) is 104 cm³/mol. The van der Waals surface area contributed by atoms with Crippen molar-refractivity contribution >= 4 is 27.0 Å². The SMILES string of the molecule is COc1ccc(S(=O)(=O)NC2(C(=O)On3nnc4ccccc43)CCCC2)cc1. The van der Waals surface area contributed by atoms with E-state index in [1.165, 1.54) is 19.2 Å². The number of para-hydroxylation sites is 1. The van der Waals surface area contributed by atoms with Gasteiger partial charge in [0.25, 0.3) is 0 Å². The molecular weight excluding hydrogens is 396 g/mol. The molecule has 10 heteroatoms. The molecular formula is C19H20N4O5S. The molecule has 1 aliphatic carbocycles. The van der Waals surface area contributed by atoms with Crippen LogP contribution in [0.5, 0.6) is 5.75 Å². The Kier molecular flexibility index (Phi) is 4.97. The fourth-order valence-corrected chi connectivity index (χ4v) is 4.89. The highest BCUT2D eigenvalue weighted by Crippen LogP contribution is 2.32. The van der Waals surface area contributed by atoms with Gasteiger partial charge >= 0.3 is 5.97 Å². The summed E-state index contributed by atoms with van der Waals surface area (Å²) < 4.78 is 33.5. The minimum atomic E-state index is -3.95. The third kappa shape index (κ3) is 3.68. The van der Waals surface area contributed by atoms with Crippen LogP contribution in [-0.4, -0.2) is 42.2 Å². The van der Waals surface area contributed by atoms with E-state index >= 15 is 0 Å². The summed E-state index contributed by atoms with van der Waals surface area (Å²) in [7, 11) is -2.45. The van der Waals surface area contributed by atoms with E-state index in [9.17, 15) is 13.2 Å². The van der Waals surface area contributed by atoms with Crippen LogP contribution < -0.4 is 14.3 Å². The zero-order valence-corrected chi connectivity index (χ0v) is 16.6. The smallest absolute Gasteiger partial charge is 0.355 e. The average Bonchev–Trinajstić information content (AvgIpc) is 3.36. The molecule has 1 heterocycles. The Balaban J connectivity index is 1.60. The van der Waals surface area contributed by atoms with E-state index in [1.807, 2.05) is 0 Å². The number of nitrogens with zero attached hydrogens (tertiary/aromatic N) is 3. The molecule has 0 spiro atoms. The zero-order chi connectivity index (χ0) is 20.5. The van der Waals surface area contributed by atoms with Crippen LogP contribution in [0.3, 0.4) is 0 Å². The van der Waals surface area contributed by atoms with Gasteiger partial charge in [0.1, 0.15) is 22.3 Å². The molecule has 29 heavy (non-hydrogen) atoms. The number of fused-ring (bicyclic) bond motifs is 1. The van der Waals surface area contributed by atoms with Crippen LogP contribution in [0.4, 0.5) is 0 Å². The van der Waals surface area contributed by atoms with Crippen LogP contribution in [0.2, 0.25) is 0 Å². The lowest BCUT2D eigenvalue weighted by Crippen LogP contribution is -2.55. The van der Waals surface area contributed by atoms with Crippen LogP contribution in [0.1, 0.15) is 25.7 Å². The average molecular weight is 416 g/mol. The first-order valence-corrected chi connectivity index (χ1v) is 10.6. The monoisotopic (exact) mass is 416 g/mol. The Labute approximate surface area is 167 Å². The lowest BCUT2D eigenvalue weighted by atomic mass is 10.00. The summed E-state index contributed by atoms with van der Waals surface area (Å²) in [6.45, 7) is 0. The van der Waals surface area contributed by atoms with E-state index in [1.54, 1.807) is 36.4 Å². The molecule has 0 amide bonds. The van der Waals surface area contributed by atoms with Gasteiger partial charge in [-0.2, -0.15) is 4.72 Å². The second kappa shape index (κ2) is 7.45. The lowest BCUT2D eigenvalue weighted by molar-refractivity contribution is -0.152. The summed E-state index contributed by atoms with van der Waals surface area (Å²) >= 11 is 0. The highest BCUT2D eigenvalue weighted by atomic mass is 32.2. The third-order valence-electron chi connectivity index (χ3n) is 5.04. The number of hydrogen-bond acceptors (Lipinski definition) is 7. The molecule has 1 aliphatic rings. The van der Waals surface area contributed by atoms with Gasteiger partial charge in [-0.3, -0.25) is 0 Å². The fourth-order valence-electron chi connectivity index (χ4n) is 3.48. The highest BCUT2D eigenvalue weighted by Gasteiger charge is 2.47. The van der Waals surface area contributed by atoms with E-state index in [0.29, 0.717) is 42.5 Å². The van der Waals surface area contributed by atoms with Crippen molar-refractivity contribution in [2.75, 3.05) is 7.11 Å². The molecule has 3 aromatic rings. The first-order chi connectivity index (χ1) is 13.9. The van der Waals surface area contributed by atoms with Gasteiger partial charge in [-0.25, -0.2) is 13.2 Å². The number of benzene rings is 2. The number of aromatic nitrogens is 3. The standard InChI is InChI=1S/C19H20N4O5S/c1-27-14-8-10-15(11-9-14)29(25,26)21-19(12-4-5-13-19)18(24)28-23-17-7-3-2-6-16(17)20-22-23/h2-3,6-11,21H,4-5,12-13H2,1H3. The van der Waals surface area contributed by atoms with Gasteiger partial charge < -0.3 is 9.57 Å². The molecule has 0 bridgehead atoms. The maximum absolute atomic E-state index is 13.0. The molecule has 1 N–H and O–H groups in total. The van der Waals surface area contributed by atoms with E-state index in [2.05, 4.69) is 15.0 Å². The molecule has 1 fully saturated rings. The number of methoxy groups -OCH3 is 1. The van der Waals surface area contributed by atoms with Gasteiger partial charge in [0.15, 0.2) is 0 Å². The van der Waals surface area contributed by atoms with Gasteiger partial charge in [0, 0.05) is 0 Å². The molecule has 0 saturated heterocycles. The molecule has 0 atom stereocenters. The van der Waals surface area contributed by atoms with Crippen molar-refractivity contribution in [1.29, 1.82) is 0 Å². The normalized spacial score (nSPS) is 16.0. The molecule has 9 nitrogen and oxygen atoms in total. The number of ether oxygens (including phenoxy) is 1. The summed E-state index contributed by atoms with van der Waals surface area (Å²) in [5.41, 5.74) is -0.266. The Morgan fingerprint density at radius 3 is 2.48 bits per heavy atom. The maximum atomic E-state index is 13.0. The molecule has 2 aromatic carbocycles. The van der Waals surface area contributed by atoms with Crippen LogP contribution in [0, 0.1) is 0 Å². The topological polar surface area (TPSA) is 112 Å². The largest absolute Gasteiger partial charge is 0.497 e. The number of carbonyl (C=O) groups excluding carboxylic acids is 1. The van der Waals surface area contributed by atoms with Gasteiger partial charge in [-0.1, -0.05) is 29.8 Å². The van der Waals surface area contributed by atoms with Crippen LogP contribution >= 0.6 is 0 Å². The van der Waals surface area contributed by atoms with E-state index in [-0.39, 0.29) is 4.90 Å². The van der Waals surface area contributed by atoms with Crippen molar-refractivity contribution in [3.8, 4) is 5.75 Å². The lowest BCUT2D eigenvalue weighted by Gasteiger charge is -2.27. The van der Waals surface area contributed by atoms with Crippen molar-refractivity contribution in [2.45, 2.75) is 36.1 Å². The quantitative estimate of drug-likeness (QED) is 0.609. The van der Waals surface area contributed by atoms with E-state index < -0.39 is 21.5 Å². The maximum Gasteiger partial charge on any atom is 0.355 e. The van der Waals surface area contributed by atoms with Gasteiger partial charge in [-0.05, 0) is 54.5 Å². The second-order valence-corrected chi connectivity index (χ2v) is 8.58. The first kappa shape index (κ1) is 19.3. The van der Waals surface area contributed by atoms with Gasteiger partial charge in [0.05, 0.1) is 12.0 Å². The van der Waals surface area contributed by atoms with Crippen LogP contribution in [-0.2, 0) is 14.8 Å². The third-order valence-corrected chi connectivity index (χ3v) is 6.59. The number of sulfonamides is 1. The summed E-state index contributed by atoms with van der Waals surface area (Å²) in [6.07, 6.45) is 2.10. The Hall–Kier alpha value is -2.98. The summed E-state index contributed by atoms with van der Waals surface area (Å²) in [5.74, 6) is -0.167. The number of carbonyl (C=O) groups is 1. The van der Waals surface area contributed by atoms with Crippen molar-refractivity contribution in [2.24, 2.45) is 0 Å². The predicted octanol–water partition coefficient (Wildman–Crippen LogP) is 1.69.